The van der Waals surface area contributed by atoms with Crippen molar-refractivity contribution in [2.45, 2.75) is 13.0 Å². The summed E-state index contributed by atoms with van der Waals surface area (Å²) >= 11 is 11.9. The minimum absolute atomic E-state index is 0.000902. The number of nitro groups is 1. The van der Waals surface area contributed by atoms with Crippen molar-refractivity contribution >= 4 is 34.7 Å². The molecule has 2 rings (SSSR count). The van der Waals surface area contributed by atoms with Crippen LogP contribution in [-0.4, -0.2) is 34.3 Å². The van der Waals surface area contributed by atoms with E-state index in [4.69, 9.17) is 27.9 Å². The highest BCUT2D eigenvalue weighted by Crippen LogP contribution is 2.31. The summed E-state index contributed by atoms with van der Waals surface area (Å²) in [4.78, 5) is 14.1. The summed E-state index contributed by atoms with van der Waals surface area (Å²) in [5, 5.41) is 24.2. The number of ether oxygens (including phenoxy) is 1. The second-order valence-corrected chi connectivity index (χ2v) is 5.80. The van der Waals surface area contributed by atoms with E-state index in [1.807, 2.05) is 0 Å². The Balaban J connectivity index is 1.88. The lowest BCUT2D eigenvalue weighted by Gasteiger charge is -2.15. The highest BCUT2D eigenvalue weighted by Gasteiger charge is 2.12. The van der Waals surface area contributed by atoms with Gasteiger partial charge < -0.3 is 15.2 Å². The first-order chi connectivity index (χ1) is 11.4. The summed E-state index contributed by atoms with van der Waals surface area (Å²) in [5.74, 6) is 0.841. The van der Waals surface area contributed by atoms with E-state index in [-0.39, 0.29) is 23.9 Å². The monoisotopic (exact) mass is 371 g/mol. The standard InChI is InChI=1S/C15H15Cl2N3O4/c1-9-5-10(20(22)23)6-18-15(9)19-7-11(21)8-24-13-4-2-3-12(16)14(13)17/h2-6,11,21H,7-8H2,1H3,(H,18,19). The van der Waals surface area contributed by atoms with Crippen molar-refractivity contribution in [3.05, 3.63) is 56.2 Å². The number of aryl methyl sites for hydroxylation is 1. The highest BCUT2D eigenvalue weighted by molar-refractivity contribution is 6.42. The van der Waals surface area contributed by atoms with E-state index in [2.05, 4.69) is 10.3 Å². The fourth-order valence-electron chi connectivity index (χ4n) is 1.90. The number of halogens is 2. The van der Waals surface area contributed by atoms with Crippen LogP contribution in [0.25, 0.3) is 0 Å². The number of aromatic nitrogens is 1. The maximum absolute atomic E-state index is 10.7. The maximum atomic E-state index is 10.7. The van der Waals surface area contributed by atoms with Crippen molar-refractivity contribution in [2.75, 3.05) is 18.5 Å². The lowest BCUT2D eigenvalue weighted by molar-refractivity contribution is -0.385. The molecular weight excluding hydrogens is 357 g/mol. The van der Waals surface area contributed by atoms with Gasteiger partial charge in [-0.2, -0.15) is 0 Å². The molecule has 0 aliphatic heterocycles. The highest BCUT2D eigenvalue weighted by atomic mass is 35.5. The van der Waals surface area contributed by atoms with Gasteiger partial charge in [-0.05, 0) is 24.6 Å². The SMILES string of the molecule is Cc1cc([N+](=O)[O-])cnc1NCC(O)COc1cccc(Cl)c1Cl. The fraction of sp³-hybridized carbons (Fsp3) is 0.267. The summed E-state index contributed by atoms with van der Waals surface area (Å²) in [5.41, 5.74) is 0.521. The van der Waals surface area contributed by atoms with Crippen molar-refractivity contribution in [1.82, 2.24) is 4.98 Å². The first-order valence-electron chi connectivity index (χ1n) is 6.98. The minimum Gasteiger partial charge on any atom is -0.489 e. The molecule has 128 valence electrons. The Labute approximate surface area is 148 Å². The van der Waals surface area contributed by atoms with Crippen LogP contribution in [0.4, 0.5) is 11.5 Å². The zero-order valence-corrected chi connectivity index (χ0v) is 14.2. The van der Waals surface area contributed by atoms with Gasteiger partial charge in [0.15, 0.2) is 0 Å². The molecule has 1 heterocycles. The number of benzene rings is 1. The molecule has 0 bridgehead atoms. The summed E-state index contributed by atoms with van der Waals surface area (Å²) in [7, 11) is 0. The number of nitrogens with zero attached hydrogens (tertiary/aromatic N) is 2. The van der Waals surface area contributed by atoms with Crippen LogP contribution in [0.5, 0.6) is 5.75 Å². The molecule has 9 heteroatoms. The van der Waals surface area contributed by atoms with Gasteiger partial charge in [0, 0.05) is 12.6 Å². The van der Waals surface area contributed by atoms with Crippen LogP contribution >= 0.6 is 23.2 Å². The van der Waals surface area contributed by atoms with E-state index in [0.29, 0.717) is 22.2 Å². The molecule has 0 aliphatic rings. The van der Waals surface area contributed by atoms with Gasteiger partial charge in [0.1, 0.15) is 35.5 Å². The quantitative estimate of drug-likeness (QED) is 0.571. The van der Waals surface area contributed by atoms with Gasteiger partial charge in [0.2, 0.25) is 0 Å². The van der Waals surface area contributed by atoms with E-state index in [0.717, 1.165) is 6.20 Å². The Bertz CT molecular complexity index is 743. The first kappa shape index (κ1) is 18.3. The van der Waals surface area contributed by atoms with Crippen LogP contribution in [0, 0.1) is 17.0 Å². The fourth-order valence-corrected chi connectivity index (χ4v) is 2.25. The molecule has 1 atom stereocenters. The zero-order chi connectivity index (χ0) is 17.7. The smallest absolute Gasteiger partial charge is 0.287 e. The number of hydrogen-bond donors (Lipinski definition) is 2. The molecule has 24 heavy (non-hydrogen) atoms. The number of aliphatic hydroxyl groups excluding tert-OH is 1. The Morgan fingerprint density at radius 2 is 2.21 bits per heavy atom. The third-order valence-corrected chi connectivity index (χ3v) is 3.93. The first-order valence-corrected chi connectivity index (χ1v) is 7.74. The lowest BCUT2D eigenvalue weighted by atomic mass is 10.2. The number of anilines is 1. The van der Waals surface area contributed by atoms with Gasteiger partial charge in [0.05, 0.1) is 9.95 Å². The van der Waals surface area contributed by atoms with Crippen molar-refractivity contribution in [3.8, 4) is 5.75 Å². The van der Waals surface area contributed by atoms with Gasteiger partial charge in [0.25, 0.3) is 5.69 Å². The molecule has 2 aromatic rings. The van der Waals surface area contributed by atoms with Crippen LogP contribution < -0.4 is 10.1 Å². The second-order valence-electron chi connectivity index (χ2n) is 5.01. The molecule has 0 saturated carbocycles. The van der Waals surface area contributed by atoms with Crippen LogP contribution in [0.15, 0.2) is 30.5 Å². The normalized spacial score (nSPS) is 11.8. The predicted molar refractivity (Wildman–Crippen MR) is 92.1 cm³/mol. The molecule has 1 aromatic carbocycles. The summed E-state index contributed by atoms with van der Waals surface area (Å²) in [6.45, 7) is 1.85. The molecule has 7 nitrogen and oxygen atoms in total. The van der Waals surface area contributed by atoms with E-state index < -0.39 is 11.0 Å². The minimum atomic E-state index is -0.837. The number of hydrogen-bond acceptors (Lipinski definition) is 6. The number of pyridine rings is 1. The summed E-state index contributed by atoms with van der Waals surface area (Å²) in [6.07, 6.45) is 0.320. The molecule has 1 unspecified atom stereocenters. The number of rotatable bonds is 7. The molecular formula is C15H15Cl2N3O4. The molecule has 2 N–H and O–H groups in total. The predicted octanol–water partition coefficient (Wildman–Crippen LogP) is 3.46. The van der Waals surface area contributed by atoms with Gasteiger partial charge in [-0.3, -0.25) is 10.1 Å². The second kappa shape index (κ2) is 8.14. The molecule has 0 fully saturated rings. The van der Waals surface area contributed by atoms with Crippen molar-refractivity contribution < 1.29 is 14.8 Å². The Morgan fingerprint density at radius 1 is 1.46 bits per heavy atom. The van der Waals surface area contributed by atoms with Crippen molar-refractivity contribution in [3.63, 3.8) is 0 Å². The van der Waals surface area contributed by atoms with Gasteiger partial charge >= 0.3 is 0 Å². The van der Waals surface area contributed by atoms with Gasteiger partial charge in [-0.15, -0.1) is 0 Å². The van der Waals surface area contributed by atoms with E-state index in [1.54, 1.807) is 25.1 Å². The zero-order valence-electron chi connectivity index (χ0n) is 12.7. The Morgan fingerprint density at radius 3 is 2.88 bits per heavy atom. The molecule has 1 aromatic heterocycles. The molecule has 0 spiro atoms. The van der Waals surface area contributed by atoms with Crippen molar-refractivity contribution in [1.29, 1.82) is 0 Å². The third-order valence-electron chi connectivity index (χ3n) is 3.13. The van der Waals surface area contributed by atoms with Crippen LogP contribution in [0.2, 0.25) is 10.0 Å². The van der Waals surface area contributed by atoms with Gasteiger partial charge in [-0.25, -0.2) is 4.98 Å². The Hall–Kier alpha value is -2.09. The van der Waals surface area contributed by atoms with E-state index >= 15 is 0 Å². The maximum Gasteiger partial charge on any atom is 0.287 e. The Kier molecular flexibility index (Phi) is 6.19. The molecule has 0 aliphatic carbocycles. The van der Waals surface area contributed by atoms with E-state index in [9.17, 15) is 15.2 Å². The average Bonchev–Trinajstić information content (AvgIpc) is 2.55. The van der Waals surface area contributed by atoms with Crippen molar-refractivity contribution in [2.24, 2.45) is 0 Å². The third kappa shape index (κ3) is 4.70. The number of aliphatic hydroxyl groups is 1. The average molecular weight is 372 g/mol. The van der Waals surface area contributed by atoms with Crippen LogP contribution in [0.3, 0.4) is 0 Å². The van der Waals surface area contributed by atoms with Crippen LogP contribution in [-0.2, 0) is 0 Å². The summed E-state index contributed by atoms with van der Waals surface area (Å²) < 4.78 is 5.43. The topological polar surface area (TPSA) is 97.5 Å². The summed E-state index contributed by atoms with van der Waals surface area (Å²) in [6, 6.07) is 6.39. The number of nitrogens with one attached hydrogen (secondary N) is 1. The van der Waals surface area contributed by atoms with Crippen LogP contribution in [0.1, 0.15) is 5.56 Å². The molecule has 0 saturated heterocycles. The lowest BCUT2D eigenvalue weighted by Crippen LogP contribution is -2.27. The largest absolute Gasteiger partial charge is 0.489 e. The molecule has 0 amide bonds. The molecule has 0 radical (unpaired) electrons. The van der Waals surface area contributed by atoms with Gasteiger partial charge in [-0.1, -0.05) is 29.3 Å². The van der Waals surface area contributed by atoms with E-state index in [1.165, 1.54) is 6.07 Å².